The van der Waals surface area contributed by atoms with Crippen molar-refractivity contribution in [1.29, 1.82) is 0 Å². The second kappa shape index (κ2) is 11.2. The van der Waals surface area contributed by atoms with Gasteiger partial charge in [-0.15, -0.1) is 0 Å². The number of amides is 1. The Bertz CT molecular complexity index is 1060. The molecule has 0 aromatic heterocycles. The topological polar surface area (TPSA) is 69.2 Å². The third-order valence-electron chi connectivity index (χ3n) is 4.10. The first-order valence-electron chi connectivity index (χ1n) is 9.29. The van der Waals surface area contributed by atoms with Gasteiger partial charge in [-0.05, 0) is 35.9 Å². The van der Waals surface area contributed by atoms with Gasteiger partial charge >= 0.3 is 0 Å². The van der Waals surface area contributed by atoms with Crippen LogP contribution in [0, 0.1) is 0 Å². The van der Waals surface area contributed by atoms with Gasteiger partial charge in [-0.1, -0.05) is 53.5 Å². The van der Waals surface area contributed by atoms with Gasteiger partial charge < -0.3 is 14.2 Å². The van der Waals surface area contributed by atoms with E-state index in [1.54, 1.807) is 37.4 Å². The maximum atomic E-state index is 11.9. The number of carbonyl (C=O) groups excluding carboxylic acids is 1. The summed E-state index contributed by atoms with van der Waals surface area (Å²) < 4.78 is 16.5. The number of halogens is 2. The van der Waals surface area contributed by atoms with Crippen LogP contribution in [0.1, 0.15) is 11.1 Å². The van der Waals surface area contributed by atoms with Crippen LogP contribution >= 0.6 is 23.2 Å². The van der Waals surface area contributed by atoms with Crippen LogP contribution in [-0.4, -0.2) is 25.8 Å². The number of hydrazone groups is 1. The highest BCUT2D eigenvalue weighted by Gasteiger charge is 2.07. The maximum absolute atomic E-state index is 11.9. The van der Waals surface area contributed by atoms with Gasteiger partial charge in [-0.2, -0.15) is 5.10 Å². The van der Waals surface area contributed by atoms with Crippen molar-refractivity contribution in [2.75, 3.05) is 13.7 Å². The van der Waals surface area contributed by atoms with E-state index in [1.807, 2.05) is 30.3 Å². The summed E-state index contributed by atoms with van der Waals surface area (Å²) in [5.74, 6) is 1.14. The Balaban J connectivity index is 1.52. The highest BCUT2D eigenvalue weighted by atomic mass is 35.5. The van der Waals surface area contributed by atoms with Gasteiger partial charge in [-0.3, -0.25) is 4.79 Å². The van der Waals surface area contributed by atoms with Gasteiger partial charge in [0.15, 0.2) is 6.61 Å². The maximum Gasteiger partial charge on any atom is 0.277 e. The van der Waals surface area contributed by atoms with Crippen molar-refractivity contribution >= 4 is 35.3 Å². The van der Waals surface area contributed by atoms with Crippen LogP contribution in [0.3, 0.4) is 0 Å². The monoisotopic (exact) mass is 458 g/mol. The minimum Gasteiger partial charge on any atom is -0.496 e. The fraction of sp³-hybridized carbons (Fsp3) is 0.130. The van der Waals surface area contributed by atoms with Crippen molar-refractivity contribution in [2.45, 2.75) is 6.61 Å². The Morgan fingerprint density at radius 2 is 1.81 bits per heavy atom. The molecule has 0 radical (unpaired) electrons. The number of nitrogens with zero attached hydrogens (tertiary/aromatic N) is 1. The zero-order chi connectivity index (χ0) is 22.1. The molecular formula is C23H20Cl2N2O4. The van der Waals surface area contributed by atoms with E-state index in [0.29, 0.717) is 39.5 Å². The zero-order valence-corrected chi connectivity index (χ0v) is 18.2. The lowest BCUT2D eigenvalue weighted by Crippen LogP contribution is -2.24. The number of benzene rings is 3. The number of methoxy groups -OCH3 is 1. The van der Waals surface area contributed by atoms with Crippen molar-refractivity contribution in [3.05, 3.63) is 87.9 Å². The van der Waals surface area contributed by atoms with Crippen LogP contribution in [0.4, 0.5) is 0 Å². The summed E-state index contributed by atoms with van der Waals surface area (Å²) in [6.45, 7) is 0.202. The highest BCUT2D eigenvalue weighted by Crippen LogP contribution is 2.27. The van der Waals surface area contributed by atoms with Crippen molar-refractivity contribution in [3.63, 3.8) is 0 Å². The zero-order valence-electron chi connectivity index (χ0n) is 16.7. The van der Waals surface area contributed by atoms with E-state index in [4.69, 9.17) is 37.4 Å². The minimum absolute atomic E-state index is 0.248. The number of hydrogen-bond acceptors (Lipinski definition) is 5. The summed E-state index contributed by atoms with van der Waals surface area (Å²) in [5.41, 5.74) is 4.14. The molecule has 0 fully saturated rings. The van der Waals surface area contributed by atoms with Crippen molar-refractivity contribution in [3.8, 4) is 17.2 Å². The number of ether oxygens (including phenoxy) is 3. The Labute approximate surface area is 190 Å². The molecule has 0 heterocycles. The van der Waals surface area contributed by atoms with Crippen molar-refractivity contribution in [2.24, 2.45) is 5.10 Å². The normalized spacial score (nSPS) is 10.7. The molecule has 3 rings (SSSR count). The lowest BCUT2D eigenvalue weighted by Gasteiger charge is -2.10. The van der Waals surface area contributed by atoms with Gasteiger partial charge in [-0.25, -0.2) is 5.43 Å². The summed E-state index contributed by atoms with van der Waals surface area (Å²) in [7, 11) is 1.55. The molecule has 0 atom stereocenters. The van der Waals surface area contributed by atoms with E-state index in [0.717, 1.165) is 5.56 Å². The van der Waals surface area contributed by atoms with Crippen LogP contribution in [0.2, 0.25) is 10.0 Å². The van der Waals surface area contributed by atoms with Crippen LogP contribution in [0.5, 0.6) is 17.2 Å². The molecule has 160 valence electrons. The molecule has 0 aliphatic carbocycles. The number of hydrogen-bond donors (Lipinski definition) is 1. The average Bonchev–Trinajstić information content (AvgIpc) is 2.78. The van der Waals surface area contributed by atoms with Crippen LogP contribution in [0.15, 0.2) is 71.8 Å². The number of carbonyl (C=O) groups is 1. The molecular weight excluding hydrogens is 439 g/mol. The van der Waals surface area contributed by atoms with Gasteiger partial charge in [0, 0.05) is 16.7 Å². The van der Waals surface area contributed by atoms with Gasteiger partial charge in [0.05, 0.1) is 18.3 Å². The third kappa shape index (κ3) is 6.91. The second-order valence-corrected chi connectivity index (χ2v) is 7.18. The van der Waals surface area contributed by atoms with Crippen molar-refractivity contribution in [1.82, 2.24) is 5.43 Å². The first kappa shape index (κ1) is 22.5. The van der Waals surface area contributed by atoms with E-state index >= 15 is 0 Å². The molecule has 3 aromatic carbocycles. The predicted octanol–water partition coefficient (Wildman–Crippen LogP) is 5.11. The fourth-order valence-electron chi connectivity index (χ4n) is 2.57. The number of nitrogens with one attached hydrogen (secondary N) is 1. The van der Waals surface area contributed by atoms with E-state index in [9.17, 15) is 4.79 Å². The largest absolute Gasteiger partial charge is 0.496 e. The first-order valence-corrected chi connectivity index (χ1v) is 10.1. The smallest absolute Gasteiger partial charge is 0.277 e. The molecule has 0 aliphatic rings. The average molecular weight is 459 g/mol. The molecule has 0 aliphatic heterocycles. The molecule has 1 amide bonds. The van der Waals surface area contributed by atoms with E-state index in [-0.39, 0.29) is 6.61 Å². The molecule has 0 spiro atoms. The molecule has 1 N–H and O–H groups in total. The lowest BCUT2D eigenvalue weighted by molar-refractivity contribution is -0.123. The van der Waals surface area contributed by atoms with E-state index < -0.39 is 5.91 Å². The Morgan fingerprint density at radius 3 is 2.55 bits per heavy atom. The van der Waals surface area contributed by atoms with Gasteiger partial charge in [0.2, 0.25) is 0 Å². The Morgan fingerprint density at radius 1 is 1.00 bits per heavy atom. The van der Waals surface area contributed by atoms with Crippen LogP contribution in [0.25, 0.3) is 0 Å². The molecule has 0 bridgehead atoms. The highest BCUT2D eigenvalue weighted by molar-refractivity contribution is 6.35. The Kier molecular flexibility index (Phi) is 8.15. The van der Waals surface area contributed by atoms with E-state index in [2.05, 4.69) is 10.5 Å². The van der Waals surface area contributed by atoms with Crippen LogP contribution in [-0.2, 0) is 11.4 Å². The molecule has 6 nitrogen and oxygen atoms in total. The molecule has 8 heteroatoms. The molecule has 0 saturated heterocycles. The van der Waals surface area contributed by atoms with Crippen LogP contribution < -0.4 is 19.6 Å². The summed E-state index contributed by atoms with van der Waals surface area (Å²) in [6, 6.07) is 20.0. The SMILES string of the molecule is COc1cc(OCc2ccccc2)ccc1/C=N/NC(=O)COc1ccc(Cl)cc1Cl. The Hall–Kier alpha value is -3.22. The molecule has 0 unspecified atom stereocenters. The summed E-state index contributed by atoms with van der Waals surface area (Å²) >= 11 is 11.8. The van der Waals surface area contributed by atoms with Crippen molar-refractivity contribution < 1.29 is 19.0 Å². The third-order valence-corrected chi connectivity index (χ3v) is 4.63. The number of rotatable bonds is 9. The standard InChI is InChI=1S/C23H20Cl2N2O4/c1-29-22-12-19(30-14-16-5-3-2-4-6-16)9-7-17(22)13-26-27-23(28)15-31-21-10-8-18(24)11-20(21)25/h2-13H,14-15H2,1H3,(H,27,28)/b26-13+. The lowest BCUT2D eigenvalue weighted by atomic mass is 10.2. The molecule has 3 aromatic rings. The molecule has 31 heavy (non-hydrogen) atoms. The summed E-state index contributed by atoms with van der Waals surface area (Å²) in [6.07, 6.45) is 1.48. The predicted molar refractivity (Wildman–Crippen MR) is 121 cm³/mol. The summed E-state index contributed by atoms with van der Waals surface area (Å²) in [5, 5.41) is 4.75. The van der Waals surface area contributed by atoms with Gasteiger partial charge in [0.25, 0.3) is 5.91 Å². The summed E-state index contributed by atoms with van der Waals surface area (Å²) in [4.78, 5) is 11.9. The quantitative estimate of drug-likeness (QED) is 0.357. The fourth-order valence-corrected chi connectivity index (χ4v) is 3.03. The minimum atomic E-state index is -0.441. The second-order valence-electron chi connectivity index (χ2n) is 6.33. The first-order chi connectivity index (χ1) is 15.0. The molecule has 0 saturated carbocycles. The van der Waals surface area contributed by atoms with E-state index in [1.165, 1.54) is 12.3 Å². The van der Waals surface area contributed by atoms with Gasteiger partial charge in [0.1, 0.15) is 23.9 Å².